The second kappa shape index (κ2) is 6.56. The van der Waals surface area contributed by atoms with E-state index in [1.807, 2.05) is 0 Å². The summed E-state index contributed by atoms with van der Waals surface area (Å²) in [7, 11) is 0. The zero-order valence-corrected chi connectivity index (χ0v) is 14.6. The van der Waals surface area contributed by atoms with Crippen LogP contribution in [0.1, 0.15) is 11.1 Å². The summed E-state index contributed by atoms with van der Waals surface area (Å²) in [6.45, 7) is 0. The maximum atomic E-state index is 13.9. The first kappa shape index (κ1) is 18.9. The Kier molecular flexibility index (Phi) is 4.27. The normalized spacial score (nSPS) is 14.1. The van der Waals surface area contributed by atoms with Gasteiger partial charge in [-0.1, -0.05) is 6.07 Å². The molecule has 0 saturated carbocycles. The van der Waals surface area contributed by atoms with E-state index in [2.05, 4.69) is 10.1 Å². The molecule has 0 fully saturated rings. The van der Waals surface area contributed by atoms with Crippen LogP contribution in [0.15, 0.2) is 71.8 Å². The Balaban J connectivity index is 1.87. The number of aliphatic hydroxyl groups is 1. The van der Waals surface area contributed by atoms with Crippen molar-refractivity contribution in [3.8, 4) is 5.69 Å². The van der Waals surface area contributed by atoms with E-state index in [1.54, 1.807) is 0 Å². The summed E-state index contributed by atoms with van der Waals surface area (Å²) in [5.74, 6) is -0.427. The molecule has 29 heavy (non-hydrogen) atoms. The first-order valence-electron chi connectivity index (χ1n) is 8.43. The number of fused-ring (bicyclic) bond motifs is 1. The smallest absolute Gasteiger partial charge is 0.372 e. The van der Waals surface area contributed by atoms with E-state index >= 15 is 0 Å². The number of aromatic nitrogens is 3. The number of nitrogens with one attached hydrogen (secondary N) is 1. The molecule has 4 aromatic rings. The molecule has 2 N–H and O–H groups in total. The molecule has 0 aliphatic rings. The van der Waals surface area contributed by atoms with Crippen LogP contribution in [0.2, 0.25) is 0 Å². The Morgan fingerprint density at radius 2 is 1.66 bits per heavy atom. The number of pyridine rings is 1. The molecule has 0 amide bonds. The predicted octanol–water partition coefficient (Wildman–Crippen LogP) is 3.65. The number of hydrogen-bond donors (Lipinski definition) is 2. The number of alkyl halides is 3. The Labute approximate surface area is 160 Å². The standard InChI is InChI=1S/C20H13F4N3O2/c21-15-3-5-16(6-4-15)27-17-7-1-13(9-12(17)10-26-27)19(29,20(22,23)24)14-2-8-18(28)25-11-14/h1-11,29H,(H,25,28). The second-order valence-electron chi connectivity index (χ2n) is 6.46. The SMILES string of the molecule is O=c1ccc(C(O)(c2ccc3c(cnn3-c3ccc(F)cc3)c2)C(F)(F)F)c[nH]1. The Hall–Kier alpha value is -3.46. The highest BCUT2D eigenvalue weighted by Gasteiger charge is 2.56. The molecule has 0 radical (unpaired) electrons. The first-order chi connectivity index (χ1) is 13.7. The number of halogens is 4. The first-order valence-corrected chi connectivity index (χ1v) is 8.43. The van der Waals surface area contributed by atoms with Gasteiger partial charge in [0.15, 0.2) is 0 Å². The van der Waals surface area contributed by atoms with Gasteiger partial charge in [-0.15, -0.1) is 0 Å². The number of benzene rings is 2. The lowest BCUT2D eigenvalue weighted by Gasteiger charge is -2.31. The molecule has 0 bridgehead atoms. The van der Waals surface area contributed by atoms with Crippen molar-refractivity contribution in [2.75, 3.05) is 0 Å². The fourth-order valence-electron chi connectivity index (χ4n) is 3.18. The van der Waals surface area contributed by atoms with E-state index in [9.17, 15) is 27.5 Å². The monoisotopic (exact) mass is 403 g/mol. The van der Waals surface area contributed by atoms with Crippen LogP contribution in [0.25, 0.3) is 16.6 Å². The Morgan fingerprint density at radius 1 is 0.966 bits per heavy atom. The highest BCUT2D eigenvalue weighted by molar-refractivity contribution is 5.81. The Bertz CT molecular complexity index is 1220. The van der Waals surface area contributed by atoms with Crippen LogP contribution in [-0.2, 0) is 5.60 Å². The topological polar surface area (TPSA) is 70.9 Å². The second-order valence-corrected chi connectivity index (χ2v) is 6.46. The summed E-state index contributed by atoms with van der Waals surface area (Å²) in [6, 6.07) is 11.0. The summed E-state index contributed by atoms with van der Waals surface area (Å²) in [5, 5.41) is 15.2. The molecule has 2 heterocycles. The molecule has 0 aliphatic carbocycles. The molecule has 4 rings (SSSR count). The minimum absolute atomic E-state index is 0.346. The number of aromatic amines is 1. The van der Waals surface area contributed by atoms with Gasteiger partial charge in [-0.3, -0.25) is 4.79 Å². The minimum Gasteiger partial charge on any atom is -0.372 e. The van der Waals surface area contributed by atoms with Crippen molar-refractivity contribution in [2.45, 2.75) is 11.8 Å². The van der Waals surface area contributed by atoms with Gasteiger partial charge in [-0.2, -0.15) is 18.3 Å². The maximum absolute atomic E-state index is 13.9. The van der Waals surface area contributed by atoms with Gasteiger partial charge < -0.3 is 10.1 Å². The number of nitrogens with zero attached hydrogens (tertiary/aromatic N) is 2. The average molecular weight is 403 g/mol. The van der Waals surface area contributed by atoms with Crippen molar-refractivity contribution >= 4 is 10.9 Å². The van der Waals surface area contributed by atoms with E-state index < -0.39 is 34.3 Å². The zero-order valence-electron chi connectivity index (χ0n) is 14.6. The van der Waals surface area contributed by atoms with Crippen LogP contribution in [0.3, 0.4) is 0 Å². The van der Waals surface area contributed by atoms with Crippen molar-refractivity contribution < 1.29 is 22.7 Å². The number of H-pyrrole nitrogens is 1. The van der Waals surface area contributed by atoms with Crippen LogP contribution in [0.5, 0.6) is 0 Å². The molecule has 0 spiro atoms. The molecule has 1 unspecified atom stereocenters. The molecule has 1 atom stereocenters. The molecule has 5 nitrogen and oxygen atoms in total. The largest absolute Gasteiger partial charge is 0.425 e. The van der Waals surface area contributed by atoms with Gasteiger partial charge in [-0.05, 0) is 48.0 Å². The van der Waals surface area contributed by atoms with E-state index in [0.717, 1.165) is 24.4 Å². The van der Waals surface area contributed by atoms with E-state index in [-0.39, 0.29) is 0 Å². The lowest BCUT2D eigenvalue weighted by Crippen LogP contribution is -2.43. The molecule has 0 saturated heterocycles. The van der Waals surface area contributed by atoms with Gasteiger partial charge in [0.2, 0.25) is 11.2 Å². The average Bonchev–Trinajstić information content (AvgIpc) is 3.11. The van der Waals surface area contributed by atoms with Crippen LogP contribution < -0.4 is 5.56 Å². The molecule has 148 valence electrons. The number of hydrogen-bond acceptors (Lipinski definition) is 3. The molecular weight excluding hydrogens is 390 g/mol. The lowest BCUT2D eigenvalue weighted by molar-refractivity contribution is -0.248. The fraction of sp³-hybridized carbons (Fsp3) is 0.100. The quantitative estimate of drug-likeness (QED) is 0.513. The fourth-order valence-corrected chi connectivity index (χ4v) is 3.18. The van der Waals surface area contributed by atoms with Crippen LogP contribution in [0, 0.1) is 5.82 Å². The maximum Gasteiger partial charge on any atom is 0.425 e. The van der Waals surface area contributed by atoms with Crippen molar-refractivity contribution in [1.82, 2.24) is 14.8 Å². The molecule has 0 aliphatic heterocycles. The summed E-state index contributed by atoms with van der Waals surface area (Å²) in [4.78, 5) is 13.4. The van der Waals surface area contributed by atoms with Gasteiger partial charge in [0.05, 0.1) is 17.4 Å². The summed E-state index contributed by atoms with van der Waals surface area (Å²) >= 11 is 0. The van der Waals surface area contributed by atoms with Gasteiger partial charge in [0, 0.05) is 23.2 Å². The van der Waals surface area contributed by atoms with Crippen molar-refractivity contribution in [2.24, 2.45) is 0 Å². The molecule has 9 heteroatoms. The summed E-state index contributed by atoms with van der Waals surface area (Å²) in [5.41, 5.74) is -3.86. The van der Waals surface area contributed by atoms with Crippen LogP contribution in [-0.4, -0.2) is 26.0 Å². The lowest BCUT2D eigenvalue weighted by atomic mass is 9.86. The Morgan fingerprint density at radius 3 is 2.28 bits per heavy atom. The van der Waals surface area contributed by atoms with Crippen LogP contribution >= 0.6 is 0 Å². The van der Waals surface area contributed by atoms with Crippen molar-refractivity contribution in [3.05, 3.63) is 94.3 Å². The zero-order chi connectivity index (χ0) is 20.8. The van der Waals surface area contributed by atoms with Crippen molar-refractivity contribution in [1.29, 1.82) is 0 Å². The van der Waals surface area contributed by atoms with Gasteiger partial charge >= 0.3 is 6.18 Å². The number of rotatable bonds is 3. The third-order valence-corrected chi connectivity index (χ3v) is 4.67. The van der Waals surface area contributed by atoms with Gasteiger partial charge in [-0.25, -0.2) is 9.07 Å². The van der Waals surface area contributed by atoms with Gasteiger partial charge in [0.25, 0.3) is 0 Å². The third kappa shape index (κ3) is 3.09. The van der Waals surface area contributed by atoms with E-state index in [1.165, 1.54) is 47.3 Å². The van der Waals surface area contributed by atoms with Crippen molar-refractivity contribution in [3.63, 3.8) is 0 Å². The highest BCUT2D eigenvalue weighted by Crippen LogP contribution is 2.44. The molecular formula is C20H13F4N3O2. The van der Waals surface area contributed by atoms with E-state index in [0.29, 0.717) is 16.6 Å². The highest BCUT2D eigenvalue weighted by atomic mass is 19.4. The minimum atomic E-state index is -5.05. The third-order valence-electron chi connectivity index (χ3n) is 4.67. The van der Waals surface area contributed by atoms with Crippen LogP contribution in [0.4, 0.5) is 17.6 Å². The molecule has 2 aromatic heterocycles. The van der Waals surface area contributed by atoms with E-state index in [4.69, 9.17) is 0 Å². The predicted molar refractivity (Wildman–Crippen MR) is 97.1 cm³/mol. The van der Waals surface area contributed by atoms with Gasteiger partial charge in [0.1, 0.15) is 5.82 Å². The summed E-state index contributed by atoms with van der Waals surface area (Å²) < 4.78 is 56.2. The molecule has 2 aromatic carbocycles. The summed E-state index contributed by atoms with van der Waals surface area (Å²) in [6.07, 6.45) is -2.86.